The maximum absolute atomic E-state index is 6.40. The number of benzene rings is 10. The average Bonchev–Trinajstić information content (AvgIpc) is 1.63. The monoisotopic (exact) mass is 1300 g/mol. The van der Waals surface area contributed by atoms with Gasteiger partial charge in [-0.1, -0.05) is 254 Å². The fourth-order valence-corrected chi connectivity index (χ4v) is 14.8. The summed E-state index contributed by atoms with van der Waals surface area (Å²) in [6.45, 7) is 21.3. The summed E-state index contributed by atoms with van der Waals surface area (Å²) >= 11 is 0. The van der Waals surface area contributed by atoms with E-state index in [-0.39, 0.29) is 0 Å². The zero-order chi connectivity index (χ0) is 67.7. The van der Waals surface area contributed by atoms with Gasteiger partial charge in [0.25, 0.3) is 0 Å². The molecule has 10 aromatic carbocycles. The van der Waals surface area contributed by atoms with Crippen molar-refractivity contribution in [3.05, 3.63) is 229 Å². The summed E-state index contributed by atoms with van der Waals surface area (Å²) < 4.78 is 25.6. The van der Waals surface area contributed by atoms with Gasteiger partial charge >= 0.3 is 0 Å². The van der Waals surface area contributed by atoms with Crippen molar-refractivity contribution in [2.75, 3.05) is 26.4 Å². The van der Waals surface area contributed by atoms with E-state index >= 15 is 0 Å². The highest BCUT2D eigenvalue weighted by atomic mass is 16.5. The molecule has 4 nitrogen and oxygen atoms in total. The highest BCUT2D eigenvalue weighted by Crippen LogP contribution is 2.46. The Balaban J connectivity index is 0.777. The lowest BCUT2D eigenvalue weighted by Crippen LogP contribution is -2.11. The van der Waals surface area contributed by atoms with Gasteiger partial charge in [-0.2, -0.15) is 0 Å². The number of fused-ring (bicyclic) bond motifs is 6. The predicted octanol–water partition coefficient (Wildman–Crippen LogP) is 26.9. The third kappa shape index (κ3) is 17.1. The van der Waals surface area contributed by atoms with Gasteiger partial charge in [0.15, 0.2) is 0 Å². The van der Waals surface area contributed by atoms with E-state index in [9.17, 15) is 0 Å². The first-order valence-electron chi connectivity index (χ1n) is 37.9. The molecule has 0 saturated heterocycles. The molecular weight excluding hydrogens is 1190 g/mol. The highest BCUT2D eigenvalue weighted by Gasteiger charge is 2.24. The molecule has 4 unspecified atom stereocenters. The molecule has 0 bridgehead atoms. The molecule has 0 radical (unpaired) electrons. The lowest BCUT2D eigenvalue weighted by atomic mass is 9.92. The first kappa shape index (κ1) is 69.3. The molecule has 0 aliphatic heterocycles. The SMILES string of the molecule is CCCCC(CC)COc1ccc(-c2cc(-c3ccc(OCC(CC)CCCC)cc3)cc(-c3ccc4c(c3)Cc3cc(-c5ccc6c(c5)Cc5cc(-c7cc(-c8ccc(OCC(CC)CCCC)cc8)cc(-c8ccc(OCC(CC)CCCC)cc8)c7)ccc5-6)ccc3-4)c2)cc1. The first-order valence-corrected chi connectivity index (χ1v) is 37.9. The van der Waals surface area contributed by atoms with Gasteiger partial charge in [-0.05, 0) is 270 Å². The fourth-order valence-electron chi connectivity index (χ4n) is 14.8. The van der Waals surface area contributed by atoms with Crippen LogP contribution in [0.5, 0.6) is 23.0 Å². The summed E-state index contributed by atoms with van der Waals surface area (Å²) in [5.41, 5.74) is 27.7. The molecule has 10 aromatic rings. The average molecular weight is 1300 g/mol. The van der Waals surface area contributed by atoms with Crippen LogP contribution in [0.4, 0.5) is 0 Å². The lowest BCUT2D eigenvalue weighted by Gasteiger charge is -2.16. The zero-order valence-electron chi connectivity index (χ0n) is 60.1. The van der Waals surface area contributed by atoms with Gasteiger partial charge in [0, 0.05) is 0 Å². The molecule has 2 aliphatic rings. The van der Waals surface area contributed by atoms with Crippen molar-refractivity contribution < 1.29 is 18.9 Å². The van der Waals surface area contributed by atoms with Crippen molar-refractivity contribution in [2.45, 2.75) is 171 Å². The van der Waals surface area contributed by atoms with E-state index in [1.807, 2.05) is 0 Å². The van der Waals surface area contributed by atoms with Crippen LogP contribution >= 0.6 is 0 Å². The molecule has 0 spiro atoms. The Morgan fingerprint density at radius 2 is 0.418 bits per heavy atom. The molecule has 12 rings (SSSR count). The third-order valence-electron chi connectivity index (χ3n) is 21.5. The van der Waals surface area contributed by atoms with E-state index < -0.39 is 0 Å². The minimum Gasteiger partial charge on any atom is -0.493 e. The second-order valence-electron chi connectivity index (χ2n) is 28.4. The molecule has 4 atom stereocenters. The Hall–Kier alpha value is -8.60. The molecular formula is C94H106O4. The number of ether oxygens (including phenoxy) is 4. The second kappa shape index (κ2) is 33.8. The maximum atomic E-state index is 6.40. The van der Waals surface area contributed by atoms with Crippen molar-refractivity contribution >= 4 is 0 Å². The number of unbranched alkanes of at least 4 members (excludes halogenated alkanes) is 4. The number of hydrogen-bond acceptors (Lipinski definition) is 4. The van der Waals surface area contributed by atoms with E-state index in [0.29, 0.717) is 23.7 Å². The molecule has 0 aromatic heterocycles. The second-order valence-corrected chi connectivity index (χ2v) is 28.4. The first-order chi connectivity index (χ1) is 48.1. The Morgan fingerprint density at radius 1 is 0.224 bits per heavy atom. The summed E-state index contributed by atoms with van der Waals surface area (Å²) in [5, 5.41) is 0. The molecule has 0 amide bonds. The van der Waals surface area contributed by atoms with Crippen LogP contribution < -0.4 is 18.9 Å². The summed E-state index contributed by atoms with van der Waals surface area (Å²) in [6, 6.07) is 77.9. The van der Waals surface area contributed by atoms with Crippen molar-refractivity contribution in [3.63, 3.8) is 0 Å². The Bertz CT molecular complexity index is 3770. The minimum atomic E-state index is 0.583. The Kier molecular flexibility index (Phi) is 23.9. The van der Waals surface area contributed by atoms with Crippen molar-refractivity contribution in [1.29, 1.82) is 0 Å². The van der Waals surface area contributed by atoms with Crippen molar-refractivity contribution in [1.82, 2.24) is 0 Å². The molecule has 4 heteroatoms. The van der Waals surface area contributed by atoms with Gasteiger partial charge in [0.2, 0.25) is 0 Å². The van der Waals surface area contributed by atoms with Crippen molar-refractivity contribution in [3.8, 4) is 123 Å². The molecule has 0 heterocycles. The smallest absolute Gasteiger partial charge is 0.119 e. The van der Waals surface area contributed by atoms with E-state index in [4.69, 9.17) is 18.9 Å². The van der Waals surface area contributed by atoms with Crippen molar-refractivity contribution in [2.24, 2.45) is 23.7 Å². The molecule has 0 saturated carbocycles. The van der Waals surface area contributed by atoms with Gasteiger partial charge in [-0.25, -0.2) is 0 Å². The van der Waals surface area contributed by atoms with Crippen LogP contribution in [-0.2, 0) is 12.8 Å². The summed E-state index contributed by atoms with van der Waals surface area (Å²) in [7, 11) is 0. The van der Waals surface area contributed by atoms with E-state index in [2.05, 4.69) is 262 Å². The van der Waals surface area contributed by atoms with Crippen LogP contribution in [0.3, 0.4) is 0 Å². The van der Waals surface area contributed by atoms with Gasteiger partial charge in [-0.15, -0.1) is 0 Å². The largest absolute Gasteiger partial charge is 0.493 e. The summed E-state index contributed by atoms with van der Waals surface area (Å²) in [4.78, 5) is 0. The number of rotatable bonds is 35. The predicted molar refractivity (Wildman–Crippen MR) is 416 cm³/mol. The van der Waals surface area contributed by atoms with Crippen LogP contribution in [0.2, 0.25) is 0 Å². The Morgan fingerprint density at radius 3 is 0.622 bits per heavy atom. The van der Waals surface area contributed by atoms with Crippen LogP contribution in [0.1, 0.15) is 180 Å². The molecule has 98 heavy (non-hydrogen) atoms. The normalized spacial score (nSPS) is 13.3. The number of hydrogen-bond donors (Lipinski definition) is 0. The quantitative estimate of drug-likeness (QED) is 0.0397. The summed E-state index contributed by atoms with van der Waals surface area (Å²) in [6.07, 6.45) is 21.1. The van der Waals surface area contributed by atoms with E-state index in [1.54, 1.807) is 0 Å². The molecule has 0 N–H and O–H groups in total. The zero-order valence-corrected chi connectivity index (χ0v) is 60.1. The van der Waals surface area contributed by atoms with Gasteiger partial charge in [0.05, 0.1) is 26.4 Å². The van der Waals surface area contributed by atoms with Crippen LogP contribution in [0, 0.1) is 23.7 Å². The van der Waals surface area contributed by atoms with E-state index in [1.165, 1.54) is 199 Å². The minimum absolute atomic E-state index is 0.583. The van der Waals surface area contributed by atoms with Gasteiger partial charge in [0.1, 0.15) is 23.0 Å². The van der Waals surface area contributed by atoms with Crippen LogP contribution in [0.25, 0.3) is 100 Å². The summed E-state index contributed by atoms with van der Waals surface area (Å²) in [5.74, 6) is 6.07. The fraction of sp³-hybridized carbons (Fsp3) is 0.362. The van der Waals surface area contributed by atoms with Crippen LogP contribution in [-0.4, -0.2) is 26.4 Å². The van der Waals surface area contributed by atoms with Gasteiger partial charge < -0.3 is 18.9 Å². The molecule has 506 valence electrons. The van der Waals surface area contributed by atoms with E-state index in [0.717, 1.165) is 88.0 Å². The van der Waals surface area contributed by atoms with Gasteiger partial charge in [-0.3, -0.25) is 0 Å². The maximum Gasteiger partial charge on any atom is 0.119 e. The molecule has 2 aliphatic carbocycles. The highest BCUT2D eigenvalue weighted by molar-refractivity contribution is 5.89. The topological polar surface area (TPSA) is 36.9 Å². The Labute approximate surface area is 588 Å². The lowest BCUT2D eigenvalue weighted by molar-refractivity contribution is 0.233. The van der Waals surface area contributed by atoms with Crippen LogP contribution in [0.15, 0.2) is 206 Å². The standard InChI is InChI=1S/C94H106O4/c1-9-17-21-65(13-5)61-95-87-37-25-69(26-38-87)77-53-78(70-27-39-88(40-28-70)96-62-66(14-6)22-18-10-2)56-81(55-77)75-35-47-93-85(51-75)59-83-49-73(33-45-91(83)93)74-34-46-92-84(50-74)60-86-52-76(36-48-94(86)92)82-57-79(71-29-41-89(42-30-71)97-63-67(15-7)23-19-11-3)54-80(58-82)72-31-43-90(44-32-72)98-64-68(16-8)24-20-12-4/h25-58,65-68H,9-24,59-64H2,1-8H3. The third-order valence-corrected chi connectivity index (χ3v) is 21.5. The molecule has 0 fully saturated rings.